The first-order valence-corrected chi connectivity index (χ1v) is 8.88. The van der Waals surface area contributed by atoms with Gasteiger partial charge in [-0.05, 0) is 26.8 Å². The van der Waals surface area contributed by atoms with E-state index in [0.29, 0.717) is 5.75 Å². The van der Waals surface area contributed by atoms with Crippen molar-refractivity contribution < 1.29 is 24.4 Å². The molecule has 0 aromatic heterocycles. The van der Waals surface area contributed by atoms with Gasteiger partial charge in [0.25, 0.3) is 11.6 Å². The van der Waals surface area contributed by atoms with Gasteiger partial charge in [0.05, 0.1) is 16.4 Å². The maximum atomic E-state index is 12.8. The third-order valence-corrected chi connectivity index (χ3v) is 4.58. The van der Waals surface area contributed by atoms with Crippen LogP contribution in [-0.4, -0.2) is 55.9 Å². The molecule has 9 nitrogen and oxygen atoms in total. The highest BCUT2D eigenvalue weighted by molar-refractivity contribution is 7.99. The van der Waals surface area contributed by atoms with Gasteiger partial charge >= 0.3 is 5.97 Å². The molecule has 1 heterocycles. The number of rotatable bonds is 4. The van der Waals surface area contributed by atoms with Crippen molar-refractivity contribution in [3.05, 3.63) is 39.4 Å². The number of benzene rings is 1. The van der Waals surface area contributed by atoms with Gasteiger partial charge in [-0.1, -0.05) is 0 Å². The predicted octanol–water partition coefficient (Wildman–Crippen LogP) is 1.72. The molecule has 0 bridgehead atoms. The number of aromatic carboxylic acids is 1. The van der Waals surface area contributed by atoms with Crippen LogP contribution >= 0.6 is 11.8 Å². The van der Waals surface area contributed by atoms with E-state index in [2.05, 4.69) is 5.32 Å². The Bertz CT molecular complexity index is 741. The SMILES string of the molecule is CC(C)(C)NC(=O)C1CSCN1C(=O)c1cc(C(=O)O)cc([N+](=O)[O-])c1. The Labute approximate surface area is 153 Å². The minimum absolute atomic E-state index is 0.132. The van der Waals surface area contributed by atoms with Crippen LogP contribution < -0.4 is 5.32 Å². The molecular formula is C16H19N3O6S. The fraction of sp³-hybridized carbons (Fsp3) is 0.438. The molecule has 1 unspecified atom stereocenters. The topological polar surface area (TPSA) is 130 Å². The summed E-state index contributed by atoms with van der Waals surface area (Å²) in [5, 5.41) is 22.9. The number of amides is 2. The molecule has 1 aliphatic heterocycles. The van der Waals surface area contributed by atoms with E-state index in [1.807, 2.05) is 20.8 Å². The summed E-state index contributed by atoms with van der Waals surface area (Å²) < 4.78 is 0. The van der Waals surface area contributed by atoms with E-state index in [-0.39, 0.29) is 22.9 Å². The molecule has 0 spiro atoms. The molecule has 1 aromatic rings. The predicted molar refractivity (Wildman–Crippen MR) is 95.2 cm³/mol. The molecule has 26 heavy (non-hydrogen) atoms. The Morgan fingerprint density at radius 1 is 1.27 bits per heavy atom. The summed E-state index contributed by atoms with van der Waals surface area (Å²) in [6, 6.07) is 2.27. The second kappa shape index (κ2) is 7.32. The molecule has 2 N–H and O–H groups in total. The zero-order valence-electron chi connectivity index (χ0n) is 14.5. The van der Waals surface area contributed by atoms with Crippen LogP contribution in [0.2, 0.25) is 0 Å². The second-order valence-corrected chi connectivity index (χ2v) is 7.86. The minimum atomic E-state index is -1.37. The van der Waals surface area contributed by atoms with Crippen LogP contribution in [0.1, 0.15) is 41.5 Å². The van der Waals surface area contributed by atoms with Crippen LogP contribution in [0.25, 0.3) is 0 Å². The highest BCUT2D eigenvalue weighted by atomic mass is 32.2. The number of nitro benzene ring substituents is 1. The van der Waals surface area contributed by atoms with Crippen LogP contribution in [0, 0.1) is 10.1 Å². The van der Waals surface area contributed by atoms with Gasteiger partial charge in [-0.2, -0.15) is 0 Å². The lowest BCUT2D eigenvalue weighted by molar-refractivity contribution is -0.384. The van der Waals surface area contributed by atoms with Gasteiger partial charge in [0.15, 0.2) is 0 Å². The van der Waals surface area contributed by atoms with Crippen LogP contribution in [0.5, 0.6) is 0 Å². The highest BCUT2D eigenvalue weighted by Gasteiger charge is 2.37. The maximum absolute atomic E-state index is 12.8. The number of non-ortho nitro benzene ring substituents is 1. The van der Waals surface area contributed by atoms with Crippen molar-refractivity contribution in [3.8, 4) is 0 Å². The molecule has 1 atom stereocenters. The van der Waals surface area contributed by atoms with E-state index in [1.54, 1.807) is 0 Å². The van der Waals surface area contributed by atoms with Crippen LogP contribution in [0.15, 0.2) is 18.2 Å². The van der Waals surface area contributed by atoms with Gasteiger partial charge in [0.1, 0.15) is 6.04 Å². The average Bonchev–Trinajstić information content (AvgIpc) is 3.01. The quantitative estimate of drug-likeness (QED) is 0.600. The molecule has 2 rings (SSSR count). The smallest absolute Gasteiger partial charge is 0.335 e. The second-order valence-electron chi connectivity index (χ2n) is 6.86. The lowest BCUT2D eigenvalue weighted by Crippen LogP contribution is -2.52. The molecule has 1 fully saturated rings. The highest BCUT2D eigenvalue weighted by Crippen LogP contribution is 2.26. The van der Waals surface area contributed by atoms with Gasteiger partial charge in [0, 0.05) is 29.0 Å². The molecular weight excluding hydrogens is 362 g/mol. The van der Waals surface area contributed by atoms with Crippen molar-refractivity contribution in [1.82, 2.24) is 10.2 Å². The lowest BCUT2D eigenvalue weighted by Gasteiger charge is -2.27. The van der Waals surface area contributed by atoms with Crippen molar-refractivity contribution in [2.75, 3.05) is 11.6 Å². The van der Waals surface area contributed by atoms with Crippen LogP contribution in [0.4, 0.5) is 5.69 Å². The molecule has 0 radical (unpaired) electrons. The average molecular weight is 381 g/mol. The van der Waals surface area contributed by atoms with Gasteiger partial charge in [-0.15, -0.1) is 11.8 Å². The van der Waals surface area contributed by atoms with Crippen molar-refractivity contribution in [3.63, 3.8) is 0 Å². The number of carboxylic acid groups (broad SMARTS) is 1. The third-order valence-electron chi connectivity index (χ3n) is 3.57. The maximum Gasteiger partial charge on any atom is 0.335 e. The molecule has 0 saturated carbocycles. The Morgan fingerprint density at radius 3 is 2.42 bits per heavy atom. The Kier molecular flexibility index (Phi) is 5.55. The molecule has 140 valence electrons. The number of carbonyl (C=O) groups is 3. The minimum Gasteiger partial charge on any atom is -0.478 e. The van der Waals surface area contributed by atoms with Crippen molar-refractivity contribution >= 4 is 35.2 Å². The van der Waals surface area contributed by atoms with Crippen LogP contribution in [-0.2, 0) is 4.79 Å². The molecule has 0 aliphatic carbocycles. The first-order chi connectivity index (χ1) is 12.0. The number of nitrogens with zero attached hydrogens (tertiary/aromatic N) is 2. The fourth-order valence-electron chi connectivity index (χ4n) is 2.44. The van der Waals surface area contributed by atoms with Crippen LogP contribution in [0.3, 0.4) is 0 Å². The third kappa shape index (κ3) is 4.51. The molecule has 1 aliphatic rings. The summed E-state index contributed by atoms with van der Waals surface area (Å²) in [5.74, 6) is -1.67. The monoisotopic (exact) mass is 381 g/mol. The molecule has 2 amide bonds. The summed E-state index contributed by atoms with van der Waals surface area (Å²) in [5.41, 5.74) is -1.45. The largest absolute Gasteiger partial charge is 0.478 e. The van der Waals surface area contributed by atoms with E-state index in [0.717, 1.165) is 18.2 Å². The van der Waals surface area contributed by atoms with Crippen molar-refractivity contribution in [2.45, 2.75) is 32.4 Å². The van der Waals surface area contributed by atoms with E-state index in [1.165, 1.54) is 16.7 Å². The number of nitrogens with one attached hydrogen (secondary N) is 1. The number of thioether (sulfide) groups is 1. The first-order valence-electron chi connectivity index (χ1n) is 7.73. The fourth-order valence-corrected chi connectivity index (χ4v) is 3.60. The lowest BCUT2D eigenvalue weighted by atomic mass is 10.1. The standard InChI is InChI=1S/C16H19N3O6S/c1-16(2,3)17-13(20)12-7-26-8-18(12)14(21)9-4-10(15(22)23)6-11(5-9)19(24)25/h4-6,12H,7-8H2,1-3H3,(H,17,20)(H,22,23). The molecule has 1 saturated heterocycles. The van der Waals surface area contributed by atoms with Gasteiger partial charge in [0.2, 0.25) is 5.91 Å². The number of nitro groups is 1. The van der Waals surface area contributed by atoms with E-state index >= 15 is 0 Å². The molecule has 1 aromatic carbocycles. The zero-order chi connectivity index (χ0) is 19.6. The van der Waals surface area contributed by atoms with Crippen molar-refractivity contribution in [2.24, 2.45) is 0 Å². The summed E-state index contributed by atoms with van der Waals surface area (Å²) >= 11 is 1.38. The van der Waals surface area contributed by atoms with Crippen molar-refractivity contribution in [1.29, 1.82) is 0 Å². The Balaban J connectivity index is 2.33. The van der Waals surface area contributed by atoms with Gasteiger partial charge in [-0.3, -0.25) is 19.7 Å². The summed E-state index contributed by atoms with van der Waals surface area (Å²) in [7, 11) is 0. The van der Waals surface area contributed by atoms with E-state index in [9.17, 15) is 24.5 Å². The first kappa shape index (κ1) is 19.7. The van der Waals surface area contributed by atoms with Gasteiger partial charge < -0.3 is 15.3 Å². The normalized spacial score (nSPS) is 17.0. The summed E-state index contributed by atoms with van der Waals surface area (Å²) in [6.45, 7) is 5.45. The number of carboxylic acids is 1. The number of carbonyl (C=O) groups excluding carboxylic acids is 2. The summed E-state index contributed by atoms with van der Waals surface area (Å²) in [4.78, 5) is 48.0. The summed E-state index contributed by atoms with van der Waals surface area (Å²) in [6.07, 6.45) is 0. The number of hydrogen-bond acceptors (Lipinski definition) is 6. The number of hydrogen-bond donors (Lipinski definition) is 2. The zero-order valence-corrected chi connectivity index (χ0v) is 15.3. The van der Waals surface area contributed by atoms with E-state index < -0.39 is 34.1 Å². The van der Waals surface area contributed by atoms with Gasteiger partial charge in [-0.25, -0.2) is 4.79 Å². The Hall–Kier alpha value is -2.62. The van der Waals surface area contributed by atoms with E-state index in [4.69, 9.17) is 5.11 Å². The molecule has 10 heteroatoms. The Morgan fingerprint density at radius 2 is 1.88 bits per heavy atom.